The van der Waals surface area contributed by atoms with Crippen molar-refractivity contribution in [1.29, 1.82) is 0 Å². The highest BCUT2D eigenvalue weighted by atomic mass is 32.1. The van der Waals surface area contributed by atoms with Gasteiger partial charge in [-0.1, -0.05) is 26.8 Å². The van der Waals surface area contributed by atoms with Crippen LogP contribution < -0.4 is 5.73 Å². The SMILES string of the molecule is Cc1c(CCN)sc2ccc(C(C)(C)C)cc12. The molecule has 1 aromatic carbocycles. The van der Waals surface area contributed by atoms with E-state index < -0.39 is 0 Å². The summed E-state index contributed by atoms with van der Waals surface area (Å²) in [6.07, 6.45) is 0.996. The minimum Gasteiger partial charge on any atom is -0.330 e. The summed E-state index contributed by atoms with van der Waals surface area (Å²) in [4.78, 5) is 1.44. The van der Waals surface area contributed by atoms with Crippen LogP contribution in [0, 0.1) is 6.92 Å². The van der Waals surface area contributed by atoms with Crippen LogP contribution in [-0.4, -0.2) is 6.54 Å². The molecule has 2 heteroatoms. The van der Waals surface area contributed by atoms with Gasteiger partial charge in [-0.15, -0.1) is 11.3 Å². The van der Waals surface area contributed by atoms with E-state index in [0.29, 0.717) is 0 Å². The van der Waals surface area contributed by atoms with Crippen molar-refractivity contribution in [3.8, 4) is 0 Å². The second-order valence-electron chi connectivity index (χ2n) is 5.65. The minimum atomic E-state index is 0.219. The van der Waals surface area contributed by atoms with Gasteiger partial charge in [0.05, 0.1) is 0 Å². The largest absolute Gasteiger partial charge is 0.330 e. The average Bonchev–Trinajstić information content (AvgIpc) is 2.55. The third-order valence-electron chi connectivity index (χ3n) is 3.27. The summed E-state index contributed by atoms with van der Waals surface area (Å²) in [6.45, 7) is 9.74. The second kappa shape index (κ2) is 4.43. The van der Waals surface area contributed by atoms with E-state index in [4.69, 9.17) is 5.73 Å². The maximum atomic E-state index is 5.66. The monoisotopic (exact) mass is 247 g/mol. The van der Waals surface area contributed by atoms with Crippen LogP contribution in [0.15, 0.2) is 18.2 Å². The summed E-state index contributed by atoms with van der Waals surface area (Å²) >= 11 is 1.89. The van der Waals surface area contributed by atoms with Crippen LogP contribution in [0.4, 0.5) is 0 Å². The maximum absolute atomic E-state index is 5.66. The number of nitrogens with two attached hydrogens (primary N) is 1. The van der Waals surface area contributed by atoms with Gasteiger partial charge < -0.3 is 5.73 Å². The molecular weight excluding hydrogens is 226 g/mol. The number of rotatable bonds is 2. The molecule has 0 fully saturated rings. The van der Waals surface area contributed by atoms with Crippen LogP contribution in [0.3, 0.4) is 0 Å². The molecule has 1 aromatic heterocycles. The van der Waals surface area contributed by atoms with E-state index in [-0.39, 0.29) is 5.41 Å². The molecule has 0 aliphatic carbocycles. The van der Waals surface area contributed by atoms with Gasteiger partial charge in [0, 0.05) is 9.58 Å². The third-order valence-corrected chi connectivity index (χ3v) is 4.61. The number of benzene rings is 1. The molecule has 2 N–H and O–H groups in total. The molecule has 0 radical (unpaired) electrons. The lowest BCUT2D eigenvalue weighted by molar-refractivity contribution is 0.591. The van der Waals surface area contributed by atoms with Gasteiger partial charge in [-0.05, 0) is 54.0 Å². The lowest BCUT2D eigenvalue weighted by atomic mass is 9.86. The van der Waals surface area contributed by atoms with Gasteiger partial charge in [0.25, 0.3) is 0 Å². The summed E-state index contributed by atoms with van der Waals surface area (Å²) in [5, 5.41) is 1.41. The fourth-order valence-electron chi connectivity index (χ4n) is 2.11. The second-order valence-corrected chi connectivity index (χ2v) is 6.79. The summed E-state index contributed by atoms with van der Waals surface area (Å²) < 4.78 is 1.39. The fraction of sp³-hybridized carbons (Fsp3) is 0.467. The standard InChI is InChI=1S/C15H21NS/c1-10-12-9-11(15(2,3)4)5-6-14(12)17-13(10)7-8-16/h5-6,9H,7-8,16H2,1-4H3. The molecule has 0 saturated heterocycles. The topological polar surface area (TPSA) is 26.0 Å². The average molecular weight is 247 g/mol. The zero-order valence-electron chi connectivity index (χ0n) is 11.1. The molecule has 1 heterocycles. The summed E-state index contributed by atoms with van der Waals surface area (Å²) in [6, 6.07) is 6.86. The zero-order valence-corrected chi connectivity index (χ0v) is 11.9. The Morgan fingerprint density at radius 3 is 2.53 bits per heavy atom. The first-order chi connectivity index (χ1) is 7.93. The molecule has 2 aromatic rings. The fourth-order valence-corrected chi connectivity index (χ4v) is 3.31. The number of hydrogen-bond acceptors (Lipinski definition) is 2. The molecule has 2 rings (SSSR count). The van der Waals surface area contributed by atoms with Crippen molar-refractivity contribution >= 4 is 21.4 Å². The molecule has 0 saturated carbocycles. The maximum Gasteiger partial charge on any atom is 0.0348 e. The van der Waals surface area contributed by atoms with E-state index in [0.717, 1.165) is 13.0 Å². The molecule has 0 atom stereocenters. The highest BCUT2D eigenvalue weighted by Crippen LogP contribution is 2.34. The molecule has 0 amide bonds. The number of hydrogen-bond donors (Lipinski definition) is 1. The number of fused-ring (bicyclic) bond motifs is 1. The van der Waals surface area contributed by atoms with E-state index in [1.165, 1.54) is 26.1 Å². The molecule has 0 bridgehead atoms. The summed E-state index contributed by atoms with van der Waals surface area (Å²) in [7, 11) is 0. The quantitative estimate of drug-likeness (QED) is 0.852. The normalized spacial score (nSPS) is 12.3. The Morgan fingerprint density at radius 2 is 1.94 bits per heavy atom. The molecule has 0 aliphatic heterocycles. The first kappa shape index (κ1) is 12.6. The van der Waals surface area contributed by atoms with Gasteiger partial charge >= 0.3 is 0 Å². The highest BCUT2D eigenvalue weighted by Gasteiger charge is 2.15. The number of thiophene rings is 1. The highest BCUT2D eigenvalue weighted by molar-refractivity contribution is 7.19. The lowest BCUT2D eigenvalue weighted by Crippen LogP contribution is -2.10. The molecule has 0 aliphatic rings. The lowest BCUT2D eigenvalue weighted by Gasteiger charge is -2.19. The Morgan fingerprint density at radius 1 is 1.24 bits per heavy atom. The zero-order chi connectivity index (χ0) is 12.6. The van der Waals surface area contributed by atoms with Gasteiger partial charge in [-0.2, -0.15) is 0 Å². The van der Waals surface area contributed by atoms with Gasteiger partial charge in [-0.25, -0.2) is 0 Å². The van der Waals surface area contributed by atoms with Gasteiger partial charge in [0.15, 0.2) is 0 Å². The van der Waals surface area contributed by atoms with Crippen LogP contribution in [0.1, 0.15) is 36.8 Å². The summed E-state index contributed by atoms with van der Waals surface area (Å²) in [5.74, 6) is 0. The smallest absolute Gasteiger partial charge is 0.0348 e. The molecule has 1 nitrogen and oxygen atoms in total. The van der Waals surface area contributed by atoms with E-state index in [9.17, 15) is 0 Å². The van der Waals surface area contributed by atoms with Crippen molar-refractivity contribution in [1.82, 2.24) is 0 Å². The van der Waals surface area contributed by atoms with Gasteiger partial charge in [-0.3, -0.25) is 0 Å². The third kappa shape index (κ3) is 2.38. The van der Waals surface area contributed by atoms with Crippen molar-refractivity contribution in [2.45, 2.75) is 39.5 Å². The van der Waals surface area contributed by atoms with Crippen molar-refractivity contribution in [3.05, 3.63) is 34.2 Å². The molecule has 17 heavy (non-hydrogen) atoms. The van der Waals surface area contributed by atoms with Crippen molar-refractivity contribution in [2.24, 2.45) is 5.73 Å². The van der Waals surface area contributed by atoms with Gasteiger partial charge in [0.2, 0.25) is 0 Å². The molecule has 92 valence electrons. The first-order valence-electron chi connectivity index (χ1n) is 6.16. The van der Waals surface area contributed by atoms with E-state index in [1.54, 1.807) is 0 Å². The van der Waals surface area contributed by atoms with Gasteiger partial charge in [0.1, 0.15) is 0 Å². The Labute approximate surface area is 108 Å². The van der Waals surface area contributed by atoms with Crippen LogP contribution >= 0.6 is 11.3 Å². The van der Waals surface area contributed by atoms with Crippen molar-refractivity contribution < 1.29 is 0 Å². The van der Waals surface area contributed by atoms with E-state index in [2.05, 4.69) is 45.9 Å². The molecule has 0 spiro atoms. The molecular formula is C15H21NS. The molecule has 0 unspecified atom stereocenters. The van der Waals surface area contributed by atoms with Crippen molar-refractivity contribution in [2.75, 3.05) is 6.54 Å². The van der Waals surface area contributed by atoms with Crippen LogP contribution in [0.5, 0.6) is 0 Å². The Hall–Kier alpha value is -0.860. The van der Waals surface area contributed by atoms with Crippen LogP contribution in [-0.2, 0) is 11.8 Å². The number of aryl methyl sites for hydroxylation is 1. The van der Waals surface area contributed by atoms with E-state index >= 15 is 0 Å². The van der Waals surface area contributed by atoms with E-state index in [1.807, 2.05) is 11.3 Å². The van der Waals surface area contributed by atoms with Crippen LogP contribution in [0.2, 0.25) is 0 Å². The van der Waals surface area contributed by atoms with Crippen LogP contribution in [0.25, 0.3) is 10.1 Å². The minimum absolute atomic E-state index is 0.219. The Bertz CT molecular complexity index is 532. The first-order valence-corrected chi connectivity index (χ1v) is 6.97. The predicted molar refractivity (Wildman–Crippen MR) is 78.0 cm³/mol. The van der Waals surface area contributed by atoms with Crippen molar-refractivity contribution in [3.63, 3.8) is 0 Å². The summed E-state index contributed by atoms with van der Waals surface area (Å²) in [5.41, 5.74) is 8.70. The Balaban J connectivity index is 2.57. The predicted octanol–water partition coefficient (Wildman–Crippen LogP) is 4.01. The Kier molecular flexibility index (Phi) is 3.28.